The summed E-state index contributed by atoms with van der Waals surface area (Å²) in [7, 11) is 2.57. The molecule has 88 valence electrons. The average Bonchev–Trinajstić information content (AvgIpc) is 2.25. The molecule has 0 aliphatic carbocycles. The summed E-state index contributed by atoms with van der Waals surface area (Å²) in [5.74, 6) is -0.489. The molecule has 8 heteroatoms. The van der Waals surface area contributed by atoms with Crippen LogP contribution in [0.15, 0.2) is 12.1 Å². The predicted molar refractivity (Wildman–Crippen MR) is 59.8 cm³/mol. The van der Waals surface area contributed by atoms with Crippen LogP contribution in [0.3, 0.4) is 0 Å². The minimum atomic E-state index is -2.23. The van der Waals surface area contributed by atoms with Crippen LogP contribution in [-0.4, -0.2) is 33.9 Å². The molecule has 0 saturated heterocycles. The highest BCUT2D eigenvalue weighted by atomic mass is 35.5. The van der Waals surface area contributed by atoms with Crippen LogP contribution in [-0.2, 0) is 16.0 Å². The number of aromatic nitrogens is 1. The SMILES string of the molecule is COC(=O)c1cc(Cl)nc(N(C)S(=O)O)c1. The number of ether oxygens (including phenoxy) is 1. The Morgan fingerprint density at radius 1 is 1.62 bits per heavy atom. The molecule has 1 rings (SSSR count). The van der Waals surface area contributed by atoms with E-state index >= 15 is 0 Å². The number of carbonyl (C=O) groups excluding carboxylic acids is 1. The fraction of sp³-hybridized carbons (Fsp3) is 0.250. The number of hydrogen-bond acceptors (Lipinski definition) is 4. The van der Waals surface area contributed by atoms with Gasteiger partial charge in [-0.1, -0.05) is 11.6 Å². The molecule has 0 fully saturated rings. The number of halogens is 1. The molecule has 0 amide bonds. The molecule has 0 aromatic carbocycles. The molecule has 0 radical (unpaired) electrons. The molecular formula is C8H9ClN2O4S. The van der Waals surface area contributed by atoms with E-state index < -0.39 is 17.2 Å². The van der Waals surface area contributed by atoms with Gasteiger partial charge in [-0.25, -0.2) is 14.0 Å². The van der Waals surface area contributed by atoms with E-state index in [1.54, 1.807) is 0 Å². The Morgan fingerprint density at radius 2 is 2.25 bits per heavy atom. The maximum Gasteiger partial charge on any atom is 0.338 e. The number of methoxy groups -OCH3 is 1. The van der Waals surface area contributed by atoms with Crippen LogP contribution in [0.2, 0.25) is 5.15 Å². The zero-order chi connectivity index (χ0) is 12.3. The first-order valence-corrected chi connectivity index (χ1v) is 5.50. The van der Waals surface area contributed by atoms with Gasteiger partial charge in [-0.15, -0.1) is 0 Å². The second-order valence-electron chi connectivity index (χ2n) is 2.76. The highest BCUT2D eigenvalue weighted by Gasteiger charge is 2.14. The molecule has 0 saturated carbocycles. The number of hydrogen-bond donors (Lipinski definition) is 1. The van der Waals surface area contributed by atoms with Crippen molar-refractivity contribution in [2.75, 3.05) is 18.5 Å². The van der Waals surface area contributed by atoms with Crippen molar-refractivity contribution >= 4 is 34.7 Å². The maximum atomic E-state index is 11.2. The number of anilines is 1. The lowest BCUT2D eigenvalue weighted by molar-refractivity contribution is 0.0600. The monoisotopic (exact) mass is 264 g/mol. The summed E-state index contributed by atoms with van der Waals surface area (Å²) in [5.41, 5.74) is 0.162. The predicted octanol–water partition coefficient (Wildman–Crippen LogP) is 1.09. The second-order valence-corrected chi connectivity index (χ2v) is 4.15. The number of esters is 1. The van der Waals surface area contributed by atoms with Gasteiger partial charge in [0.1, 0.15) is 11.0 Å². The van der Waals surface area contributed by atoms with E-state index in [1.165, 1.54) is 26.3 Å². The van der Waals surface area contributed by atoms with Gasteiger partial charge in [-0.3, -0.25) is 8.86 Å². The fourth-order valence-corrected chi connectivity index (χ4v) is 1.42. The van der Waals surface area contributed by atoms with Crippen molar-refractivity contribution in [3.8, 4) is 0 Å². The van der Waals surface area contributed by atoms with Crippen LogP contribution in [0.25, 0.3) is 0 Å². The Morgan fingerprint density at radius 3 is 2.75 bits per heavy atom. The number of pyridine rings is 1. The smallest absolute Gasteiger partial charge is 0.338 e. The lowest BCUT2D eigenvalue weighted by Gasteiger charge is -2.13. The Bertz CT molecular complexity index is 440. The third-order valence-electron chi connectivity index (χ3n) is 1.76. The van der Waals surface area contributed by atoms with Gasteiger partial charge in [0.25, 0.3) is 11.3 Å². The third-order valence-corrected chi connectivity index (χ3v) is 2.61. The van der Waals surface area contributed by atoms with Crippen molar-refractivity contribution < 1.29 is 18.3 Å². The molecule has 16 heavy (non-hydrogen) atoms. The summed E-state index contributed by atoms with van der Waals surface area (Å²) in [6.45, 7) is 0. The first-order valence-electron chi connectivity index (χ1n) is 4.06. The van der Waals surface area contributed by atoms with Gasteiger partial charge in [0.05, 0.1) is 12.7 Å². The summed E-state index contributed by atoms with van der Waals surface area (Å²) in [6.07, 6.45) is 0. The summed E-state index contributed by atoms with van der Waals surface area (Å²) in [4.78, 5) is 15.0. The highest BCUT2D eigenvalue weighted by Crippen LogP contribution is 2.18. The van der Waals surface area contributed by atoms with E-state index in [4.69, 9.17) is 16.2 Å². The van der Waals surface area contributed by atoms with Crippen molar-refractivity contribution in [2.24, 2.45) is 0 Å². The summed E-state index contributed by atoms with van der Waals surface area (Å²) < 4.78 is 25.1. The minimum Gasteiger partial charge on any atom is -0.465 e. The van der Waals surface area contributed by atoms with Crippen LogP contribution >= 0.6 is 11.6 Å². The Labute approximate surface area is 99.6 Å². The largest absolute Gasteiger partial charge is 0.465 e. The van der Waals surface area contributed by atoms with Crippen LogP contribution < -0.4 is 4.31 Å². The van der Waals surface area contributed by atoms with E-state index in [0.717, 1.165) is 4.31 Å². The van der Waals surface area contributed by atoms with Gasteiger partial charge in [-0.2, -0.15) is 0 Å². The maximum absolute atomic E-state index is 11.2. The van der Waals surface area contributed by atoms with Crippen LogP contribution in [0.5, 0.6) is 0 Å². The molecular weight excluding hydrogens is 256 g/mol. The lowest BCUT2D eigenvalue weighted by Crippen LogP contribution is -2.21. The molecule has 1 unspecified atom stereocenters. The first-order chi connectivity index (χ1) is 7.45. The third kappa shape index (κ3) is 2.91. The van der Waals surface area contributed by atoms with E-state index in [0.29, 0.717) is 0 Å². The lowest BCUT2D eigenvalue weighted by atomic mass is 10.2. The number of nitrogens with zero attached hydrogens (tertiary/aromatic N) is 2. The van der Waals surface area contributed by atoms with Gasteiger partial charge in [0.2, 0.25) is 0 Å². The van der Waals surface area contributed by atoms with E-state index in [9.17, 15) is 9.00 Å². The number of rotatable bonds is 3. The standard InChI is InChI=1S/C8H9ClN2O4S/c1-11(16(13)14)7-4-5(8(12)15-2)3-6(9)10-7/h3-4H,1-2H3,(H,13,14). The van der Waals surface area contributed by atoms with Gasteiger partial charge < -0.3 is 4.74 Å². The zero-order valence-corrected chi connectivity index (χ0v) is 10.1. The van der Waals surface area contributed by atoms with Crippen LogP contribution in [0.4, 0.5) is 5.82 Å². The van der Waals surface area contributed by atoms with Gasteiger partial charge in [-0.05, 0) is 12.1 Å². The Kier molecular flexibility index (Phi) is 4.22. The van der Waals surface area contributed by atoms with Crippen molar-refractivity contribution in [1.29, 1.82) is 0 Å². The van der Waals surface area contributed by atoms with Gasteiger partial charge in [0.15, 0.2) is 0 Å². The second kappa shape index (κ2) is 5.24. The van der Waals surface area contributed by atoms with Gasteiger partial charge in [0, 0.05) is 7.05 Å². The van der Waals surface area contributed by atoms with E-state index in [1.807, 2.05) is 0 Å². The topological polar surface area (TPSA) is 79.7 Å². The molecule has 1 aromatic rings. The van der Waals surface area contributed by atoms with E-state index in [2.05, 4.69) is 9.72 Å². The Balaban J connectivity index is 3.17. The normalized spacial score (nSPS) is 12.0. The molecule has 1 N–H and O–H groups in total. The molecule has 0 aliphatic heterocycles. The van der Waals surface area contributed by atoms with Crippen molar-refractivity contribution in [3.05, 3.63) is 22.8 Å². The van der Waals surface area contributed by atoms with Crippen molar-refractivity contribution in [2.45, 2.75) is 0 Å². The average molecular weight is 265 g/mol. The highest BCUT2D eigenvalue weighted by molar-refractivity contribution is 7.80. The fourth-order valence-electron chi connectivity index (χ4n) is 0.960. The van der Waals surface area contributed by atoms with Crippen LogP contribution in [0, 0.1) is 0 Å². The Hall–Kier alpha value is -1.18. The van der Waals surface area contributed by atoms with Crippen molar-refractivity contribution in [3.63, 3.8) is 0 Å². The number of carbonyl (C=O) groups is 1. The molecule has 1 heterocycles. The zero-order valence-electron chi connectivity index (χ0n) is 8.51. The molecule has 1 aromatic heterocycles. The first kappa shape index (κ1) is 12.9. The van der Waals surface area contributed by atoms with E-state index in [-0.39, 0.29) is 16.5 Å². The molecule has 0 aliphatic rings. The molecule has 0 bridgehead atoms. The summed E-state index contributed by atoms with van der Waals surface area (Å²) in [6, 6.07) is 2.62. The minimum absolute atomic E-state index is 0.0372. The quantitative estimate of drug-likeness (QED) is 0.502. The summed E-state index contributed by atoms with van der Waals surface area (Å²) >= 11 is 3.44. The molecule has 0 spiro atoms. The van der Waals surface area contributed by atoms with Crippen molar-refractivity contribution in [1.82, 2.24) is 4.98 Å². The van der Waals surface area contributed by atoms with Crippen LogP contribution in [0.1, 0.15) is 10.4 Å². The van der Waals surface area contributed by atoms with Gasteiger partial charge >= 0.3 is 5.97 Å². The molecule has 1 atom stereocenters. The molecule has 6 nitrogen and oxygen atoms in total. The summed E-state index contributed by atoms with van der Waals surface area (Å²) in [5, 5.41) is 0.0372.